The maximum atomic E-state index is 13.0. The molecule has 7 atom stereocenters. The number of fused-ring (bicyclic) bond motifs is 1. The number of imidazole rings is 1. The number of phosphoric ester groups is 3. The van der Waals surface area contributed by atoms with Crippen LogP contribution in [0.1, 0.15) is 96.4 Å². The molecule has 0 spiro atoms. The van der Waals surface area contributed by atoms with Crippen LogP contribution in [0.3, 0.4) is 0 Å². The molecule has 7 unspecified atom stereocenters. The van der Waals surface area contributed by atoms with Crippen molar-refractivity contribution in [1.29, 1.82) is 0 Å². The third kappa shape index (κ3) is 16.5. The number of carbonyl (C=O) groups is 4. The predicted octanol–water partition coefficient (Wildman–Crippen LogP) is 2.44. The summed E-state index contributed by atoms with van der Waals surface area (Å²) in [5.41, 5.74) is 5.75. The van der Waals surface area contributed by atoms with Gasteiger partial charge in [-0.2, -0.15) is 4.31 Å². The van der Waals surface area contributed by atoms with Crippen LogP contribution in [0.15, 0.2) is 36.9 Å². The van der Waals surface area contributed by atoms with Crippen molar-refractivity contribution < 1.29 is 90.0 Å². The van der Waals surface area contributed by atoms with E-state index in [0.29, 0.717) is 12.9 Å². The number of ketones is 1. The molecular weight excluding hydrogens is 987 g/mol. The Morgan fingerprint density at radius 3 is 2.20 bits per heavy atom. The van der Waals surface area contributed by atoms with Crippen LogP contribution in [-0.4, -0.2) is 130 Å². The Labute approximate surface area is 402 Å². The van der Waals surface area contributed by atoms with Crippen molar-refractivity contribution in [3.05, 3.63) is 48.0 Å². The van der Waals surface area contributed by atoms with Crippen LogP contribution in [0.2, 0.25) is 0 Å². The van der Waals surface area contributed by atoms with Crippen LogP contribution in [0.4, 0.5) is 5.82 Å². The molecule has 26 nitrogen and oxygen atoms in total. The number of Topliss-reactive ketones (excluding diaryl/α,β-unsaturated/α-hetero) is 1. The standard InChI is InChI=1S/C41H62N7O19P3/c1-39(2,15-5-7-26-9-11-27(12-10-26)8-6-16-41(17-18-41)62-25-49)29(50)13-19-43-30(51)14-20-44-37(54)34(53)40(3,4)22-64-70(60,61)67-69(58,59)63-21-28-33(66-68(55,56)57)32(52)38(65-28)48-24-47-31-35(42)45-23-46-36(31)48/h9-12,23-25,28,32-34,38,52-53H,5-8,13-22H2,1-4H3,(H,43,51)(H,44,54)(H,58,59)(H,60,61)(H2,42,45,46)(H2,55,56,57). The Balaban J connectivity index is 0.980. The average Bonchev–Trinajstić information content (AvgIpc) is 3.79. The molecule has 3 aromatic rings. The number of amides is 2. The first-order valence-corrected chi connectivity index (χ1v) is 26.8. The van der Waals surface area contributed by atoms with Gasteiger partial charge in [-0.25, -0.2) is 28.6 Å². The van der Waals surface area contributed by atoms with Crippen molar-refractivity contribution in [3.63, 3.8) is 0 Å². The third-order valence-corrected chi connectivity index (χ3v) is 15.1. The van der Waals surface area contributed by atoms with E-state index in [9.17, 15) is 62.7 Å². The van der Waals surface area contributed by atoms with E-state index in [1.54, 1.807) is 0 Å². The van der Waals surface area contributed by atoms with Gasteiger partial charge in [0, 0.05) is 36.8 Å². The van der Waals surface area contributed by atoms with E-state index in [2.05, 4.69) is 58.7 Å². The number of nitrogen functional groups attached to an aromatic ring is 1. The number of aliphatic hydroxyl groups excluding tert-OH is 2. The lowest BCUT2D eigenvalue weighted by Gasteiger charge is -2.30. The SMILES string of the molecule is CC(C)(CCCc1ccc(CCCC2(OC=O)CC2)cc1)C(=O)CCNC(=O)CCNC(=O)C(O)C(C)(C)COP(=O)(O)OP(=O)(O)OCC1OC(n2cnc3c(N)ncnc32)C(O)C1OP(=O)(O)O. The number of benzene rings is 1. The molecule has 2 fully saturated rings. The normalized spacial score (nSPS) is 21.3. The first-order valence-electron chi connectivity index (χ1n) is 22.3. The molecule has 390 valence electrons. The van der Waals surface area contributed by atoms with E-state index < -0.39 is 90.0 Å². The molecule has 29 heteroatoms. The topological polar surface area (TPSA) is 390 Å². The number of rotatable bonds is 30. The maximum Gasteiger partial charge on any atom is 0.481 e. The lowest BCUT2D eigenvalue weighted by atomic mass is 9.81. The molecule has 1 saturated carbocycles. The second kappa shape index (κ2) is 23.6. The van der Waals surface area contributed by atoms with Crippen LogP contribution >= 0.6 is 23.5 Å². The fourth-order valence-electron chi connectivity index (χ4n) is 7.62. The van der Waals surface area contributed by atoms with Crippen LogP contribution in [0.5, 0.6) is 0 Å². The summed E-state index contributed by atoms with van der Waals surface area (Å²) in [4.78, 5) is 100. The number of nitrogens with zero attached hydrogens (tertiary/aromatic N) is 4. The number of nitrogens with one attached hydrogen (secondary N) is 2. The summed E-state index contributed by atoms with van der Waals surface area (Å²) < 4.78 is 67.8. The minimum Gasteiger partial charge on any atom is -0.461 e. The molecule has 1 aromatic carbocycles. The molecule has 1 aliphatic carbocycles. The second-order valence-electron chi connectivity index (χ2n) is 18.5. The Bertz CT molecular complexity index is 2450. The van der Waals surface area contributed by atoms with Gasteiger partial charge in [0.15, 0.2) is 17.7 Å². The highest BCUT2D eigenvalue weighted by atomic mass is 31.3. The van der Waals surface area contributed by atoms with Crippen LogP contribution < -0.4 is 16.4 Å². The van der Waals surface area contributed by atoms with Gasteiger partial charge in [0.05, 0.1) is 19.5 Å². The van der Waals surface area contributed by atoms with Crippen LogP contribution in [0, 0.1) is 10.8 Å². The van der Waals surface area contributed by atoms with Gasteiger partial charge in [0.2, 0.25) is 11.8 Å². The maximum absolute atomic E-state index is 13.0. The molecule has 3 heterocycles. The number of hydrogen-bond acceptors (Lipinski definition) is 19. The molecule has 2 aliphatic rings. The van der Waals surface area contributed by atoms with Gasteiger partial charge in [0.25, 0.3) is 6.47 Å². The summed E-state index contributed by atoms with van der Waals surface area (Å²) in [6.07, 6.45) is -0.170. The monoisotopic (exact) mass is 1050 g/mol. The largest absolute Gasteiger partial charge is 0.481 e. The number of carbonyl (C=O) groups excluding carboxylic acids is 4. The number of phosphoric acid groups is 3. The second-order valence-corrected chi connectivity index (χ2v) is 22.8. The highest BCUT2D eigenvalue weighted by Gasteiger charge is 2.50. The quantitative estimate of drug-likeness (QED) is 0.0342. The highest BCUT2D eigenvalue weighted by Crippen LogP contribution is 2.61. The average molecular weight is 1050 g/mol. The summed E-state index contributed by atoms with van der Waals surface area (Å²) in [6.45, 7) is 4.56. The molecule has 5 rings (SSSR count). The number of aryl methyl sites for hydroxylation is 2. The van der Waals surface area contributed by atoms with Gasteiger partial charge < -0.3 is 55.6 Å². The van der Waals surface area contributed by atoms with Gasteiger partial charge in [-0.05, 0) is 62.5 Å². The van der Waals surface area contributed by atoms with E-state index in [1.165, 1.54) is 19.4 Å². The number of aromatic nitrogens is 4. The smallest absolute Gasteiger partial charge is 0.461 e. The van der Waals surface area contributed by atoms with Gasteiger partial charge in [-0.15, -0.1) is 0 Å². The zero-order valence-corrected chi connectivity index (χ0v) is 41.7. The van der Waals surface area contributed by atoms with E-state index in [-0.39, 0.29) is 54.3 Å². The zero-order valence-electron chi connectivity index (χ0n) is 39.0. The molecule has 2 amide bonds. The van der Waals surface area contributed by atoms with E-state index in [1.807, 2.05) is 13.8 Å². The number of anilines is 1. The first-order chi connectivity index (χ1) is 32.7. The first kappa shape index (κ1) is 56.8. The summed E-state index contributed by atoms with van der Waals surface area (Å²) in [5.74, 6) is -1.54. The molecule has 1 aliphatic heterocycles. The zero-order chi connectivity index (χ0) is 51.7. The minimum atomic E-state index is -5.60. The van der Waals surface area contributed by atoms with Crippen LogP contribution in [0.25, 0.3) is 11.2 Å². The lowest BCUT2D eigenvalue weighted by molar-refractivity contribution is -0.137. The van der Waals surface area contributed by atoms with Crippen molar-refractivity contribution in [2.24, 2.45) is 10.8 Å². The molecule has 0 radical (unpaired) electrons. The van der Waals surface area contributed by atoms with E-state index in [4.69, 9.17) is 24.3 Å². The number of nitrogens with two attached hydrogens (primary N) is 1. The van der Waals surface area contributed by atoms with Crippen molar-refractivity contribution in [3.8, 4) is 0 Å². The molecule has 1 saturated heterocycles. The Kier molecular flexibility index (Phi) is 19.2. The Morgan fingerprint density at radius 2 is 1.57 bits per heavy atom. The number of aliphatic hydroxyl groups is 2. The van der Waals surface area contributed by atoms with Gasteiger partial charge in [-0.3, -0.25) is 37.3 Å². The lowest BCUT2D eigenvalue weighted by Crippen LogP contribution is -2.46. The van der Waals surface area contributed by atoms with Crippen molar-refractivity contribution >= 4 is 64.5 Å². The fourth-order valence-corrected chi connectivity index (χ4v) is 10.5. The van der Waals surface area contributed by atoms with Crippen molar-refractivity contribution in [2.75, 3.05) is 32.0 Å². The number of ether oxygens (including phenoxy) is 2. The summed E-state index contributed by atoms with van der Waals surface area (Å²) in [5, 5.41) is 26.6. The molecule has 0 bridgehead atoms. The summed E-state index contributed by atoms with van der Waals surface area (Å²) in [6, 6.07) is 8.38. The van der Waals surface area contributed by atoms with E-state index in [0.717, 1.165) is 67.7 Å². The minimum absolute atomic E-state index is 0.0237. The Morgan fingerprint density at radius 1 is 0.943 bits per heavy atom. The summed E-state index contributed by atoms with van der Waals surface area (Å²) >= 11 is 0. The van der Waals surface area contributed by atoms with Crippen LogP contribution in [-0.2, 0) is 73.1 Å². The van der Waals surface area contributed by atoms with Crippen molar-refractivity contribution in [1.82, 2.24) is 30.2 Å². The summed E-state index contributed by atoms with van der Waals surface area (Å²) in [7, 11) is -16.5. The predicted molar refractivity (Wildman–Crippen MR) is 244 cm³/mol. The molecular formula is C41H62N7O19P3. The molecule has 70 heavy (non-hydrogen) atoms. The Hall–Kier alpha value is -4.10. The molecule has 10 N–H and O–H groups in total. The van der Waals surface area contributed by atoms with Crippen molar-refractivity contribution in [2.45, 2.75) is 128 Å². The number of hydrogen-bond donors (Lipinski definition) is 9. The third-order valence-electron chi connectivity index (χ3n) is 12.0. The fraction of sp³-hybridized carbons (Fsp3) is 0.634. The van der Waals surface area contributed by atoms with Gasteiger partial charge >= 0.3 is 23.5 Å². The molecule has 2 aromatic heterocycles. The van der Waals surface area contributed by atoms with Gasteiger partial charge in [0.1, 0.15) is 47.6 Å². The highest BCUT2D eigenvalue weighted by molar-refractivity contribution is 7.61. The van der Waals surface area contributed by atoms with Gasteiger partial charge in [-0.1, -0.05) is 52.0 Å². The van der Waals surface area contributed by atoms with E-state index >= 15 is 0 Å².